The summed E-state index contributed by atoms with van der Waals surface area (Å²) in [6.07, 6.45) is -2.90. The molecule has 5 heteroatoms. The van der Waals surface area contributed by atoms with Crippen LogP contribution in [0.2, 0.25) is 0 Å². The molecule has 96 valence electrons. The van der Waals surface area contributed by atoms with Gasteiger partial charge in [-0.15, -0.1) is 11.3 Å². The number of halogens is 2. The summed E-state index contributed by atoms with van der Waals surface area (Å²) in [5.41, 5.74) is -2.11. The molecule has 1 aromatic carbocycles. The Balaban J connectivity index is 2.47. The summed E-state index contributed by atoms with van der Waals surface area (Å²) in [5.74, 6) is 0.557. The number of rotatable bonds is 4. The number of benzene rings is 1. The van der Waals surface area contributed by atoms with E-state index in [1.165, 1.54) is 25.3 Å². The number of aliphatic hydroxyl groups is 1. The first kappa shape index (κ1) is 13.0. The van der Waals surface area contributed by atoms with Crippen LogP contribution in [0.4, 0.5) is 8.78 Å². The molecule has 0 aliphatic carbocycles. The highest BCUT2D eigenvalue weighted by Crippen LogP contribution is 2.38. The fourth-order valence-electron chi connectivity index (χ4n) is 1.72. The Bertz CT molecular complexity index is 496. The van der Waals surface area contributed by atoms with Crippen LogP contribution in [0.1, 0.15) is 10.4 Å². The van der Waals surface area contributed by atoms with E-state index in [0.29, 0.717) is 5.75 Å². The van der Waals surface area contributed by atoms with Crippen molar-refractivity contribution in [2.45, 2.75) is 12.0 Å². The molecule has 0 amide bonds. The molecular formula is C13H12F2O2S. The van der Waals surface area contributed by atoms with Gasteiger partial charge in [0.1, 0.15) is 5.75 Å². The molecule has 2 aromatic rings. The van der Waals surface area contributed by atoms with E-state index in [4.69, 9.17) is 4.74 Å². The van der Waals surface area contributed by atoms with Gasteiger partial charge < -0.3 is 9.84 Å². The molecule has 0 saturated carbocycles. The molecule has 0 saturated heterocycles. The average Bonchev–Trinajstić information content (AvgIpc) is 2.92. The van der Waals surface area contributed by atoms with Gasteiger partial charge in [-0.05, 0) is 29.1 Å². The number of thiophene rings is 1. The molecule has 1 unspecified atom stereocenters. The van der Waals surface area contributed by atoms with Crippen molar-refractivity contribution >= 4 is 11.3 Å². The van der Waals surface area contributed by atoms with Gasteiger partial charge in [-0.1, -0.05) is 18.2 Å². The second-order valence-corrected chi connectivity index (χ2v) is 4.72. The van der Waals surface area contributed by atoms with E-state index >= 15 is 0 Å². The molecule has 2 nitrogen and oxygen atoms in total. The van der Waals surface area contributed by atoms with Crippen molar-refractivity contribution in [2.75, 3.05) is 7.11 Å². The maximum atomic E-state index is 13.2. The molecule has 0 spiro atoms. The highest BCUT2D eigenvalue weighted by atomic mass is 32.1. The van der Waals surface area contributed by atoms with Crippen LogP contribution in [-0.4, -0.2) is 18.6 Å². The molecular weight excluding hydrogens is 258 g/mol. The number of hydrogen-bond donors (Lipinski definition) is 1. The van der Waals surface area contributed by atoms with E-state index in [-0.39, 0.29) is 10.4 Å². The maximum absolute atomic E-state index is 13.2. The van der Waals surface area contributed by atoms with Crippen LogP contribution in [0.3, 0.4) is 0 Å². The van der Waals surface area contributed by atoms with Crippen LogP contribution < -0.4 is 4.74 Å². The Kier molecular flexibility index (Phi) is 3.63. The lowest BCUT2D eigenvalue weighted by atomic mass is 9.92. The topological polar surface area (TPSA) is 29.5 Å². The zero-order chi connectivity index (χ0) is 13.2. The lowest BCUT2D eigenvalue weighted by Crippen LogP contribution is -2.34. The van der Waals surface area contributed by atoms with Gasteiger partial charge in [-0.25, -0.2) is 8.78 Å². The highest BCUT2D eigenvalue weighted by molar-refractivity contribution is 7.10. The fourth-order valence-corrected chi connectivity index (χ4v) is 2.56. The summed E-state index contributed by atoms with van der Waals surface area (Å²) in [6, 6.07) is 9.14. The fraction of sp³-hybridized carbons (Fsp3) is 0.231. The molecule has 1 heterocycles. The van der Waals surface area contributed by atoms with Crippen molar-refractivity contribution < 1.29 is 18.6 Å². The first-order chi connectivity index (χ1) is 8.59. The molecule has 2 rings (SSSR count). The molecule has 1 N–H and O–H groups in total. The lowest BCUT2D eigenvalue weighted by Gasteiger charge is -2.26. The maximum Gasteiger partial charge on any atom is 0.275 e. The molecule has 0 aliphatic rings. The Labute approximate surface area is 107 Å². The van der Waals surface area contributed by atoms with Crippen molar-refractivity contribution in [3.8, 4) is 5.75 Å². The van der Waals surface area contributed by atoms with Crippen LogP contribution in [0.15, 0.2) is 41.8 Å². The first-order valence-corrected chi connectivity index (χ1v) is 6.16. The molecule has 0 fully saturated rings. The van der Waals surface area contributed by atoms with Gasteiger partial charge >= 0.3 is 0 Å². The van der Waals surface area contributed by atoms with Crippen molar-refractivity contribution in [1.29, 1.82) is 0 Å². The molecule has 1 aromatic heterocycles. The SMILES string of the molecule is COc1ccc(C(O)(c2cccs2)C(F)F)cc1. The molecule has 1 atom stereocenters. The Morgan fingerprint density at radius 2 is 1.89 bits per heavy atom. The van der Waals surface area contributed by atoms with Gasteiger partial charge in [-0.3, -0.25) is 0 Å². The van der Waals surface area contributed by atoms with Gasteiger partial charge in [0.15, 0.2) is 5.60 Å². The van der Waals surface area contributed by atoms with E-state index in [1.807, 2.05) is 0 Å². The molecule has 0 bridgehead atoms. The molecule has 18 heavy (non-hydrogen) atoms. The standard InChI is InChI=1S/C13H12F2O2S/c1-17-10-6-4-9(5-7-10)13(16,12(14)15)11-3-2-8-18-11/h2-8,12,16H,1H3. The average molecular weight is 270 g/mol. The van der Waals surface area contributed by atoms with Gasteiger partial charge in [0.2, 0.25) is 0 Å². The number of ether oxygens (including phenoxy) is 1. The summed E-state index contributed by atoms with van der Waals surface area (Å²) in [5, 5.41) is 12.0. The number of methoxy groups -OCH3 is 1. The third-order valence-electron chi connectivity index (χ3n) is 2.74. The van der Waals surface area contributed by atoms with E-state index < -0.39 is 12.0 Å². The molecule has 0 aliphatic heterocycles. The minimum Gasteiger partial charge on any atom is -0.497 e. The smallest absolute Gasteiger partial charge is 0.275 e. The number of alkyl halides is 2. The van der Waals surface area contributed by atoms with Crippen molar-refractivity contribution in [3.63, 3.8) is 0 Å². The van der Waals surface area contributed by atoms with Crippen molar-refractivity contribution in [1.82, 2.24) is 0 Å². The minimum absolute atomic E-state index is 0.153. The second kappa shape index (κ2) is 5.04. The Morgan fingerprint density at radius 1 is 1.22 bits per heavy atom. The second-order valence-electron chi connectivity index (χ2n) is 3.77. The summed E-state index contributed by atoms with van der Waals surface area (Å²) in [7, 11) is 1.49. The quantitative estimate of drug-likeness (QED) is 0.924. The zero-order valence-corrected chi connectivity index (χ0v) is 10.5. The van der Waals surface area contributed by atoms with E-state index in [1.54, 1.807) is 23.6 Å². The van der Waals surface area contributed by atoms with Crippen LogP contribution in [0.5, 0.6) is 5.75 Å². The Morgan fingerprint density at radius 3 is 2.33 bits per heavy atom. The largest absolute Gasteiger partial charge is 0.497 e. The number of hydrogen-bond acceptors (Lipinski definition) is 3. The van der Waals surface area contributed by atoms with Crippen LogP contribution in [0.25, 0.3) is 0 Å². The first-order valence-electron chi connectivity index (χ1n) is 5.28. The summed E-state index contributed by atoms with van der Waals surface area (Å²) < 4.78 is 31.4. The normalized spacial score (nSPS) is 14.5. The monoisotopic (exact) mass is 270 g/mol. The van der Waals surface area contributed by atoms with Gasteiger partial charge in [0, 0.05) is 4.88 Å². The van der Waals surface area contributed by atoms with Gasteiger partial charge in [-0.2, -0.15) is 0 Å². The Hall–Kier alpha value is -1.46. The summed E-state index contributed by atoms with van der Waals surface area (Å²) in [4.78, 5) is 0.225. The van der Waals surface area contributed by atoms with Crippen molar-refractivity contribution in [3.05, 3.63) is 52.2 Å². The third kappa shape index (κ3) is 2.11. The summed E-state index contributed by atoms with van der Waals surface area (Å²) >= 11 is 1.10. The van der Waals surface area contributed by atoms with Gasteiger partial charge in [0.25, 0.3) is 6.43 Å². The predicted octanol–water partition coefficient (Wildman–Crippen LogP) is 3.26. The summed E-state index contributed by atoms with van der Waals surface area (Å²) in [6.45, 7) is 0. The lowest BCUT2D eigenvalue weighted by molar-refractivity contribution is -0.0694. The third-order valence-corrected chi connectivity index (χ3v) is 3.74. The zero-order valence-electron chi connectivity index (χ0n) is 9.64. The van der Waals surface area contributed by atoms with Crippen LogP contribution in [0, 0.1) is 0 Å². The predicted molar refractivity (Wildman–Crippen MR) is 66.3 cm³/mol. The van der Waals surface area contributed by atoms with E-state index in [0.717, 1.165) is 11.3 Å². The van der Waals surface area contributed by atoms with E-state index in [2.05, 4.69) is 0 Å². The van der Waals surface area contributed by atoms with Crippen molar-refractivity contribution in [2.24, 2.45) is 0 Å². The van der Waals surface area contributed by atoms with E-state index in [9.17, 15) is 13.9 Å². The van der Waals surface area contributed by atoms with Crippen LogP contribution >= 0.6 is 11.3 Å². The van der Waals surface area contributed by atoms with Gasteiger partial charge in [0.05, 0.1) is 7.11 Å². The minimum atomic E-state index is -2.90. The molecule has 0 radical (unpaired) electrons. The van der Waals surface area contributed by atoms with Crippen LogP contribution in [-0.2, 0) is 5.60 Å². The highest BCUT2D eigenvalue weighted by Gasteiger charge is 2.42.